The van der Waals surface area contributed by atoms with Gasteiger partial charge < -0.3 is 14.7 Å². The number of aromatic nitrogens is 3. The zero-order valence-corrected chi connectivity index (χ0v) is 18.4. The Morgan fingerprint density at radius 1 is 1.17 bits per heavy atom. The lowest BCUT2D eigenvalue weighted by atomic mass is 10.1. The maximum Gasteiger partial charge on any atom is 0.207 e. The summed E-state index contributed by atoms with van der Waals surface area (Å²) in [7, 11) is 0. The Hall–Kier alpha value is -2.48. The number of rotatable bonds is 6. The maximum atomic E-state index is 9.81. The van der Waals surface area contributed by atoms with E-state index in [1.807, 2.05) is 46.5 Å². The lowest BCUT2D eigenvalue weighted by Gasteiger charge is -2.26. The van der Waals surface area contributed by atoms with Crippen molar-refractivity contribution < 1.29 is 14.7 Å². The molecular weight excluding hydrogens is 396 g/mol. The number of hydrogen-bond donors (Lipinski definition) is 2. The summed E-state index contributed by atoms with van der Waals surface area (Å²) >= 11 is 5.87. The van der Waals surface area contributed by atoms with Gasteiger partial charge in [0.05, 0.1) is 31.5 Å². The first-order chi connectivity index (χ1) is 14.5. The van der Waals surface area contributed by atoms with E-state index in [4.69, 9.17) is 22.1 Å². The fraction of sp³-hybridized carbons (Fsp3) is 0.391. The highest BCUT2D eigenvalue weighted by molar-refractivity contribution is 7.71. The molecule has 1 fully saturated rings. The van der Waals surface area contributed by atoms with Gasteiger partial charge in [0.2, 0.25) is 4.77 Å². The zero-order valence-electron chi connectivity index (χ0n) is 17.5. The van der Waals surface area contributed by atoms with E-state index in [0.717, 1.165) is 48.8 Å². The molecule has 2 heterocycles. The highest BCUT2D eigenvalue weighted by Gasteiger charge is 2.23. The SMILES string of the molecule is CCOc1ccc(-n2c(-c3cccc(C)c3)nn(C[NH+]3CCC(O)CC3)c2=S)cc1. The fourth-order valence-electron chi connectivity index (χ4n) is 3.95. The van der Waals surface area contributed by atoms with Crippen molar-refractivity contribution in [2.45, 2.75) is 39.5 Å². The second-order valence-electron chi connectivity index (χ2n) is 7.88. The van der Waals surface area contributed by atoms with Gasteiger partial charge in [-0.15, -0.1) is 5.10 Å². The first kappa shape index (κ1) is 20.8. The topological polar surface area (TPSA) is 56.7 Å². The predicted octanol–water partition coefficient (Wildman–Crippen LogP) is 2.77. The van der Waals surface area contributed by atoms with Crippen molar-refractivity contribution in [2.24, 2.45) is 0 Å². The molecule has 1 saturated heterocycles. The Morgan fingerprint density at radius 2 is 1.90 bits per heavy atom. The van der Waals surface area contributed by atoms with Gasteiger partial charge in [-0.1, -0.05) is 23.8 Å². The number of nitrogens with one attached hydrogen (secondary N) is 1. The van der Waals surface area contributed by atoms with Crippen LogP contribution in [0.2, 0.25) is 0 Å². The van der Waals surface area contributed by atoms with Gasteiger partial charge in [-0.05, 0) is 56.4 Å². The van der Waals surface area contributed by atoms with Crippen LogP contribution < -0.4 is 9.64 Å². The standard InChI is InChI=1S/C23H28N4O2S/c1-3-29-21-9-7-19(8-10-21)27-22(18-6-4-5-17(2)15-18)24-26(23(27)30)16-25-13-11-20(28)12-14-25/h4-10,15,20,28H,3,11-14,16H2,1-2H3/p+1. The summed E-state index contributed by atoms with van der Waals surface area (Å²) in [5, 5.41) is 14.7. The van der Waals surface area contributed by atoms with Crippen LogP contribution in [0.3, 0.4) is 0 Å². The number of aliphatic hydroxyl groups excluding tert-OH is 1. The number of benzene rings is 2. The molecule has 7 heteroatoms. The minimum atomic E-state index is -0.175. The van der Waals surface area contributed by atoms with Gasteiger partial charge in [-0.3, -0.25) is 4.57 Å². The first-order valence-electron chi connectivity index (χ1n) is 10.6. The number of ether oxygens (including phenoxy) is 1. The molecule has 0 bridgehead atoms. The average Bonchev–Trinajstić information content (AvgIpc) is 3.07. The molecule has 4 rings (SSSR count). The van der Waals surface area contributed by atoms with E-state index in [-0.39, 0.29) is 6.10 Å². The van der Waals surface area contributed by atoms with Crippen LogP contribution in [0.1, 0.15) is 25.3 Å². The molecule has 6 nitrogen and oxygen atoms in total. The van der Waals surface area contributed by atoms with Crippen LogP contribution in [0.25, 0.3) is 17.1 Å². The largest absolute Gasteiger partial charge is 0.494 e. The third kappa shape index (κ3) is 4.48. The van der Waals surface area contributed by atoms with E-state index in [1.54, 1.807) is 0 Å². The summed E-state index contributed by atoms with van der Waals surface area (Å²) in [4.78, 5) is 1.39. The molecule has 0 aliphatic carbocycles. The van der Waals surface area contributed by atoms with Crippen LogP contribution in [-0.4, -0.2) is 45.3 Å². The summed E-state index contributed by atoms with van der Waals surface area (Å²) in [5.41, 5.74) is 3.19. The number of quaternary nitrogens is 1. The lowest BCUT2D eigenvalue weighted by Crippen LogP contribution is -3.12. The van der Waals surface area contributed by atoms with Crippen LogP contribution in [0.15, 0.2) is 48.5 Å². The van der Waals surface area contributed by atoms with Crippen LogP contribution in [0, 0.1) is 11.7 Å². The number of nitrogens with zero attached hydrogens (tertiary/aromatic N) is 3. The molecule has 158 valence electrons. The number of aliphatic hydroxyl groups is 1. The summed E-state index contributed by atoms with van der Waals surface area (Å²) in [5.74, 6) is 1.68. The minimum absolute atomic E-state index is 0.175. The molecule has 0 spiro atoms. The Bertz CT molecular complexity index is 1050. The summed E-state index contributed by atoms with van der Waals surface area (Å²) < 4.78 is 10.2. The van der Waals surface area contributed by atoms with Crippen molar-refractivity contribution in [3.63, 3.8) is 0 Å². The van der Waals surface area contributed by atoms with Crippen molar-refractivity contribution in [1.82, 2.24) is 14.3 Å². The Kier molecular flexibility index (Phi) is 6.32. The molecule has 1 aliphatic heterocycles. The van der Waals surface area contributed by atoms with E-state index in [9.17, 15) is 5.11 Å². The van der Waals surface area contributed by atoms with E-state index < -0.39 is 0 Å². The van der Waals surface area contributed by atoms with Gasteiger partial charge in [0.1, 0.15) is 5.75 Å². The van der Waals surface area contributed by atoms with Gasteiger partial charge in [0.25, 0.3) is 0 Å². The Balaban J connectivity index is 1.74. The molecule has 1 aliphatic rings. The Labute approximate surface area is 182 Å². The minimum Gasteiger partial charge on any atom is -0.494 e. The third-order valence-corrected chi connectivity index (χ3v) is 5.95. The van der Waals surface area contributed by atoms with E-state index >= 15 is 0 Å². The number of hydrogen-bond acceptors (Lipinski definition) is 4. The van der Waals surface area contributed by atoms with Gasteiger partial charge in [-0.25, -0.2) is 0 Å². The van der Waals surface area contributed by atoms with Gasteiger partial charge in [-0.2, -0.15) is 4.68 Å². The van der Waals surface area contributed by atoms with E-state index in [2.05, 4.69) is 25.1 Å². The zero-order chi connectivity index (χ0) is 21.1. The van der Waals surface area contributed by atoms with Crippen molar-refractivity contribution in [2.75, 3.05) is 19.7 Å². The molecule has 0 amide bonds. The molecule has 30 heavy (non-hydrogen) atoms. The number of aryl methyl sites for hydroxylation is 1. The summed E-state index contributed by atoms with van der Waals surface area (Å²) in [6.45, 7) is 7.26. The van der Waals surface area contributed by atoms with Crippen LogP contribution in [0.5, 0.6) is 5.75 Å². The number of piperidine rings is 1. The maximum absolute atomic E-state index is 9.81. The quantitative estimate of drug-likeness (QED) is 0.597. The normalized spacial score (nSPS) is 19.0. The van der Waals surface area contributed by atoms with Gasteiger partial charge in [0, 0.05) is 18.4 Å². The predicted molar refractivity (Wildman–Crippen MR) is 120 cm³/mol. The molecule has 0 atom stereocenters. The first-order valence-corrected chi connectivity index (χ1v) is 11.0. The van der Waals surface area contributed by atoms with Crippen molar-refractivity contribution in [3.8, 4) is 22.8 Å². The van der Waals surface area contributed by atoms with Crippen molar-refractivity contribution >= 4 is 12.2 Å². The summed E-state index contributed by atoms with van der Waals surface area (Å²) in [6, 6.07) is 16.3. The molecule has 2 N–H and O–H groups in total. The van der Waals surface area contributed by atoms with Crippen LogP contribution in [-0.2, 0) is 6.67 Å². The monoisotopic (exact) mass is 425 g/mol. The van der Waals surface area contributed by atoms with Crippen molar-refractivity contribution in [1.29, 1.82) is 0 Å². The molecule has 0 saturated carbocycles. The van der Waals surface area contributed by atoms with Gasteiger partial charge >= 0.3 is 0 Å². The second kappa shape index (κ2) is 9.12. The van der Waals surface area contributed by atoms with E-state index in [0.29, 0.717) is 18.0 Å². The second-order valence-corrected chi connectivity index (χ2v) is 8.24. The van der Waals surface area contributed by atoms with Crippen molar-refractivity contribution in [3.05, 3.63) is 58.9 Å². The van der Waals surface area contributed by atoms with Crippen LogP contribution >= 0.6 is 12.2 Å². The highest BCUT2D eigenvalue weighted by Crippen LogP contribution is 2.25. The third-order valence-electron chi connectivity index (χ3n) is 5.56. The summed E-state index contributed by atoms with van der Waals surface area (Å²) in [6.07, 6.45) is 1.48. The van der Waals surface area contributed by atoms with E-state index in [1.165, 1.54) is 10.5 Å². The molecule has 1 aromatic heterocycles. The molecular formula is C23H29N4O2S+. The highest BCUT2D eigenvalue weighted by atomic mass is 32.1. The average molecular weight is 426 g/mol. The molecule has 0 unspecified atom stereocenters. The molecule has 0 radical (unpaired) electrons. The molecule has 2 aromatic carbocycles. The lowest BCUT2D eigenvalue weighted by molar-refractivity contribution is -0.929. The van der Waals surface area contributed by atoms with Gasteiger partial charge in [0.15, 0.2) is 12.5 Å². The molecule has 3 aromatic rings. The fourth-order valence-corrected chi connectivity index (χ4v) is 4.25. The smallest absolute Gasteiger partial charge is 0.207 e. The Morgan fingerprint density at radius 3 is 2.57 bits per heavy atom. The number of likely N-dealkylation sites (tertiary alicyclic amines) is 1. The van der Waals surface area contributed by atoms with Crippen LogP contribution in [0.4, 0.5) is 0 Å².